The van der Waals surface area contributed by atoms with Gasteiger partial charge >= 0.3 is 0 Å². The zero-order valence-corrected chi connectivity index (χ0v) is 17.4. The third kappa shape index (κ3) is 5.78. The Morgan fingerprint density at radius 1 is 1.16 bits per heavy atom. The molecular formula is C24H19ClN2O4. The number of phenolic OH excluding ortho intramolecular Hbond substituents is 1. The van der Waals surface area contributed by atoms with Crippen molar-refractivity contribution in [3.05, 3.63) is 88.5 Å². The molecule has 3 aromatic carbocycles. The third-order valence-corrected chi connectivity index (χ3v) is 4.72. The fraction of sp³-hybridized carbons (Fsp3) is 0.0833. The van der Waals surface area contributed by atoms with Crippen molar-refractivity contribution in [3.63, 3.8) is 0 Å². The van der Waals surface area contributed by atoms with Crippen molar-refractivity contribution in [2.24, 2.45) is 0 Å². The number of carbonyl (C=O) groups excluding carboxylic acids is 1. The van der Waals surface area contributed by atoms with Crippen LogP contribution in [0.4, 0.5) is 5.69 Å². The van der Waals surface area contributed by atoms with Crippen molar-refractivity contribution in [3.8, 4) is 23.3 Å². The van der Waals surface area contributed by atoms with Crippen LogP contribution in [0.1, 0.15) is 11.1 Å². The summed E-state index contributed by atoms with van der Waals surface area (Å²) in [6, 6.07) is 20.3. The van der Waals surface area contributed by atoms with Gasteiger partial charge in [-0.15, -0.1) is 0 Å². The molecule has 0 saturated heterocycles. The van der Waals surface area contributed by atoms with E-state index < -0.39 is 5.91 Å². The Morgan fingerprint density at radius 2 is 1.90 bits per heavy atom. The molecule has 3 aromatic rings. The number of phenols is 1. The van der Waals surface area contributed by atoms with E-state index >= 15 is 0 Å². The average molecular weight is 435 g/mol. The van der Waals surface area contributed by atoms with Gasteiger partial charge in [0.2, 0.25) is 0 Å². The number of carbonyl (C=O) groups is 1. The highest BCUT2D eigenvalue weighted by atomic mass is 35.5. The molecule has 0 aliphatic heterocycles. The van der Waals surface area contributed by atoms with E-state index in [1.807, 2.05) is 24.3 Å². The van der Waals surface area contributed by atoms with Crippen molar-refractivity contribution in [2.75, 3.05) is 12.4 Å². The van der Waals surface area contributed by atoms with Crippen LogP contribution in [-0.2, 0) is 11.4 Å². The minimum Gasteiger partial charge on any atom is -0.508 e. The number of nitriles is 1. The lowest BCUT2D eigenvalue weighted by Gasteiger charge is -2.12. The monoisotopic (exact) mass is 434 g/mol. The van der Waals surface area contributed by atoms with Gasteiger partial charge in [-0.2, -0.15) is 5.26 Å². The summed E-state index contributed by atoms with van der Waals surface area (Å²) in [6.07, 6.45) is 1.44. The Hall–Kier alpha value is -3.95. The van der Waals surface area contributed by atoms with Crippen molar-refractivity contribution in [2.45, 2.75) is 6.61 Å². The van der Waals surface area contributed by atoms with E-state index in [-0.39, 0.29) is 17.9 Å². The molecule has 0 spiro atoms. The van der Waals surface area contributed by atoms with Gasteiger partial charge in [0, 0.05) is 27.9 Å². The summed E-state index contributed by atoms with van der Waals surface area (Å²) >= 11 is 6.20. The van der Waals surface area contributed by atoms with Crippen LogP contribution in [0.15, 0.2) is 72.3 Å². The summed E-state index contributed by atoms with van der Waals surface area (Å²) in [4.78, 5) is 12.5. The topological polar surface area (TPSA) is 91.6 Å². The number of nitrogens with one attached hydrogen (secondary N) is 1. The number of anilines is 1. The van der Waals surface area contributed by atoms with Gasteiger partial charge in [-0.25, -0.2) is 0 Å². The lowest BCUT2D eigenvalue weighted by Crippen LogP contribution is -2.13. The Bertz CT molecular complexity index is 1150. The van der Waals surface area contributed by atoms with Gasteiger partial charge in [-0.3, -0.25) is 4.79 Å². The predicted molar refractivity (Wildman–Crippen MR) is 119 cm³/mol. The maximum Gasteiger partial charge on any atom is 0.266 e. The summed E-state index contributed by atoms with van der Waals surface area (Å²) in [5, 5.41) is 22.1. The number of nitrogens with zero attached hydrogens (tertiary/aromatic N) is 1. The molecule has 0 aromatic heterocycles. The minimum atomic E-state index is -0.582. The SMILES string of the molecule is COc1ccc(/C=C(\C#N)C(=O)Nc2ccc(O)cc2)c(OCc2ccccc2Cl)c1. The molecule has 3 rings (SSSR count). The summed E-state index contributed by atoms with van der Waals surface area (Å²) in [6.45, 7) is 0.204. The molecule has 0 bridgehead atoms. The standard InChI is InChI=1S/C24H19ClN2O4/c1-30-21-11-6-16(23(13-21)31-15-17-4-2-3-5-22(17)25)12-18(14-26)24(29)27-19-7-9-20(28)10-8-19/h2-13,28H,15H2,1H3,(H,27,29)/b18-12+. The Morgan fingerprint density at radius 3 is 2.58 bits per heavy atom. The van der Waals surface area contributed by atoms with E-state index in [4.69, 9.17) is 21.1 Å². The lowest BCUT2D eigenvalue weighted by molar-refractivity contribution is -0.112. The van der Waals surface area contributed by atoms with Crippen molar-refractivity contribution in [1.82, 2.24) is 0 Å². The number of hydrogen-bond donors (Lipinski definition) is 2. The highest BCUT2D eigenvalue weighted by Crippen LogP contribution is 2.29. The van der Waals surface area contributed by atoms with E-state index in [2.05, 4.69) is 5.32 Å². The summed E-state index contributed by atoms with van der Waals surface area (Å²) in [5.41, 5.74) is 1.67. The maximum atomic E-state index is 12.5. The Labute approximate surface area is 184 Å². The summed E-state index contributed by atoms with van der Waals surface area (Å²) < 4.78 is 11.2. The fourth-order valence-corrected chi connectivity index (χ4v) is 2.89. The molecule has 6 nitrogen and oxygen atoms in total. The Balaban J connectivity index is 1.86. The van der Waals surface area contributed by atoms with Crippen LogP contribution in [0.3, 0.4) is 0 Å². The number of aromatic hydroxyl groups is 1. The first-order valence-electron chi connectivity index (χ1n) is 9.26. The second kappa shape index (κ2) is 10.2. The van der Waals surface area contributed by atoms with Crippen LogP contribution in [-0.4, -0.2) is 18.1 Å². The second-order valence-corrected chi connectivity index (χ2v) is 6.86. The molecule has 0 atom stereocenters. The summed E-state index contributed by atoms with van der Waals surface area (Å²) in [5.74, 6) is 0.497. The number of ether oxygens (including phenoxy) is 2. The van der Waals surface area contributed by atoms with E-state index in [0.717, 1.165) is 5.56 Å². The zero-order chi connectivity index (χ0) is 22.2. The molecule has 1 amide bonds. The normalized spacial score (nSPS) is 10.8. The second-order valence-electron chi connectivity index (χ2n) is 6.45. The van der Waals surface area contributed by atoms with Gasteiger partial charge in [0.15, 0.2) is 0 Å². The first-order chi connectivity index (χ1) is 15.0. The predicted octanol–water partition coefficient (Wildman–Crippen LogP) is 5.18. The highest BCUT2D eigenvalue weighted by molar-refractivity contribution is 6.31. The van der Waals surface area contributed by atoms with Gasteiger partial charge in [0.1, 0.15) is 35.5 Å². The molecule has 0 radical (unpaired) electrons. The van der Waals surface area contributed by atoms with Crippen LogP contribution in [0.2, 0.25) is 5.02 Å². The van der Waals surface area contributed by atoms with Crippen molar-refractivity contribution >= 4 is 29.3 Å². The molecule has 0 fully saturated rings. The van der Waals surface area contributed by atoms with Crippen molar-refractivity contribution in [1.29, 1.82) is 5.26 Å². The molecule has 0 heterocycles. The molecule has 31 heavy (non-hydrogen) atoms. The fourth-order valence-electron chi connectivity index (χ4n) is 2.70. The van der Waals surface area contributed by atoms with Crippen LogP contribution in [0, 0.1) is 11.3 Å². The first kappa shape index (κ1) is 21.8. The molecule has 156 valence electrons. The number of rotatable bonds is 7. The van der Waals surface area contributed by atoms with E-state index in [1.165, 1.54) is 37.5 Å². The van der Waals surface area contributed by atoms with E-state index in [9.17, 15) is 15.2 Å². The molecule has 0 aliphatic rings. The highest BCUT2D eigenvalue weighted by Gasteiger charge is 2.13. The number of amides is 1. The largest absolute Gasteiger partial charge is 0.508 e. The summed E-state index contributed by atoms with van der Waals surface area (Å²) in [7, 11) is 1.54. The number of methoxy groups -OCH3 is 1. The van der Waals surface area contributed by atoms with Gasteiger partial charge in [-0.05, 0) is 48.5 Å². The number of halogens is 1. The van der Waals surface area contributed by atoms with Crippen LogP contribution in [0.25, 0.3) is 6.08 Å². The number of hydrogen-bond acceptors (Lipinski definition) is 5. The van der Waals surface area contributed by atoms with Crippen LogP contribution >= 0.6 is 11.6 Å². The Kier molecular flexibility index (Phi) is 7.15. The minimum absolute atomic E-state index is 0.0765. The van der Waals surface area contributed by atoms with Crippen LogP contribution in [0.5, 0.6) is 17.2 Å². The van der Waals surface area contributed by atoms with E-state index in [1.54, 1.807) is 24.3 Å². The quantitative estimate of drug-likeness (QED) is 0.304. The van der Waals surface area contributed by atoms with Crippen LogP contribution < -0.4 is 14.8 Å². The molecule has 2 N–H and O–H groups in total. The maximum absolute atomic E-state index is 12.5. The van der Waals surface area contributed by atoms with Gasteiger partial charge in [0.25, 0.3) is 5.91 Å². The smallest absolute Gasteiger partial charge is 0.266 e. The lowest BCUT2D eigenvalue weighted by atomic mass is 10.1. The van der Waals surface area contributed by atoms with E-state index in [0.29, 0.717) is 27.8 Å². The van der Waals surface area contributed by atoms with Gasteiger partial charge in [0.05, 0.1) is 7.11 Å². The van der Waals surface area contributed by atoms with Gasteiger partial charge < -0.3 is 19.9 Å². The molecular weight excluding hydrogens is 416 g/mol. The average Bonchev–Trinajstić information content (AvgIpc) is 2.78. The molecule has 0 unspecified atom stereocenters. The van der Waals surface area contributed by atoms with Gasteiger partial charge in [-0.1, -0.05) is 29.8 Å². The molecule has 0 saturated carbocycles. The number of benzene rings is 3. The molecule has 0 aliphatic carbocycles. The molecule has 7 heteroatoms. The third-order valence-electron chi connectivity index (χ3n) is 4.35. The first-order valence-corrected chi connectivity index (χ1v) is 9.64. The van der Waals surface area contributed by atoms with Crippen molar-refractivity contribution < 1.29 is 19.4 Å². The zero-order valence-electron chi connectivity index (χ0n) is 16.6.